The Labute approximate surface area is 106 Å². The maximum absolute atomic E-state index is 11.0. The van der Waals surface area contributed by atoms with Crippen LogP contribution >= 0.6 is 0 Å². The average Bonchev–Trinajstić information content (AvgIpc) is 2.38. The van der Waals surface area contributed by atoms with Gasteiger partial charge in [0.15, 0.2) is 11.5 Å². The van der Waals surface area contributed by atoms with Gasteiger partial charge in [0.1, 0.15) is 12.2 Å². The zero-order valence-electron chi connectivity index (χ0n) is 10.5. The highest BCUT2D eigenvalue weighted by Crippen LogP contribution is 2.36. The molecule has 1 aromatic carbocycles. The quantitative estimate of drug-likeness (QED) is 0.608. The van der Waals surface area contributed by atoms with Crippen molar-refractivity contribution in [3.8, 4) is 11.5 Å². The summed E-state index contributed by atoms with van der Waals surface area (Å²) in [5, 5.41) is 0. The van der Waals surface area contributed by atoms with Gasteiger partial charge in [-0.3, -0.25) is 0 Å². The van der Waals surface area contributed by atoms with Gasteiger partial charge in [0.2, 0.25) is 0 Å². The molecular formula is C14H16O4. The maximum Gasteiger partial charge on any atom is 0.330 e. The molecule has 1 atom stereocenters. The molecule has 4 nitrogen and oxygen atoms in total. The number of esters is 1. The van der Waals surface area contributed by atoms with Gasteiger partial charge in [-0.25, -0.2) is 4.79 Å². The van der Waals surface area contributed by atoms with Gasteiger partial charge in [-0.1, -0.05) is 18.2 Å². The van der Waals surface area contributed by atoms with E-state index in [1.54, 1.807) is 6.08 Å². The average molecular weight is 248 g/mol. The second-order valence-electron chi connectivity index (χ2n) is 4.42. The Kier molecular flexibility index (Phi) is 3.55. The fraction of sp³-hybridized carbons (Fsp3) is 0.357. The van der Waals surface area contributed by atoms with Crippen molar-refractivity contribution in [1.82, 2.24) is 0 Å². The number of fused-ring (bicyclic) bond motifs is 1. The molecule has 1 aliphatic rings. The van der Waals surface area contributed by atoms with E-state index in [0.717, 1.165) is 11.5 Å². The minimum Gasteiger partial charge on any atom is -0.486 e. The maximum atomic E-state index is 11.0. The molecule has 0 radical (unpaired) electrons. The van der Waals surface area contributed by atoms with Gasteiger partial charge in [0.25, 0.3) is 0 Å². The lowest BCUT2D eigenvalue weighted by Gasteiger charge is -2.34. The van der Waals surface area contributed by atoms with Crippen LogP contribution in [-0.2, 0) is 9.53 Å². The fourth-order valence-corrected chi connectivity index (χ4v) is 1.75. The Morgan fingerprint density at radius 3 is 2.89 bits per heavy atom. The van der Waals surface area contributed by atoms with Crippen LogP contribution in [0.25, 0.3) is 0 Å². The van der Waals surface area contributed by atoms with E-state index in [1.165, 1.54) is 13.2 Å². The van der Waals surface area contributed by atoms with Gasteiger partial charge in [-0.2, -0.15) is 0 Å². The molecule has 1 unspecified atom stereocenters. The number of methoxy groups -OCH3 is 1. The van der Waals surface area contributed by atoms with Crippen LogP contribution in [0.15, 0.2) is 36.4 Å². The summed E-state index contributed by atoms with van der Waals surface area (Å²) in [7, 11) is 1.35. The lowest BCUT2D eigenvalue weighted by molar-refractivity contribution is -0.134. The van der Waals surface area contributed by atoms with Crippen molar-refractivity contribution < 1.29 is 19.0 Å². The van der Waals surface area contributed by atoms with E-state index >= 15 is 0 Å². The van der Waals surface area contributed by atoms with Crippen molar-refractivity contribution in [3.05, 3.63) is 36.4 Å². The van der Waals surface area contributed by atoms with Gasteiger partial charge in [0.05, 0.1) is 7.11 Å². The molecule has 0 spiro atoms. The molecule has 0 aromatic heterocycles. The molecule has 1 aromatic rings. The minimum absolute atomic E-state index is 0.365. The number of hydrogen-bond acceptors (Lipinski definition) is 4. The van der Waals surface area contributed by atoms with Gasteiger partial charge >= 0.3 is 5.97 Å². The number of para-hydroxylation sites is 2. The molecule has 96 valence electrons. The monoisotopic (exact) mass is 248 g/mol. The van der Waals surface area contributed by atoms with Crippen LogP contribution in [0.1, 0.15) is 13.3 Å². The predicted molar refractivity (Wildman–Crippen MR) is 66.7 cm³/mol. The van der Waals surface area contributed by atoms with Gasteiger partial charge in [-0.15, -0.1) is 0 Å². The number of carbonyl (C=O) groups is 1. The number of ether oxygens (including phenoxy) is 3. The number of benzene rings is 1. The number of carbonyl (C=O) groups excluding carboxylic acids is 1. The van der Waals surface area contributed by atoms with E-state index in [0.29, 0.717) is 13.0 Å². The summed E-state index contributed by atoms with van der Waals surface area (Å²) in [4.78, 5) is 11.0. The number of hydrogen-bond donors (Lipinski definition) is 0. The molecular weight excluding hydrogens is 232 g/mol. The Balaban J connectivity index is 2.02. The summed E-state index contributed by atoms with van der Waals surface area (Å²) < 4.78 is 16.1. The van der Waals surface area contributed by atoms with E-state index in [2.05, 4.69) is 4.74 Å². The van der Waals surface area contributed by atoms with E-state index in [-0.39, 0.29) is 5.97 Å². The van der Waals surface area contributed by atoms with Crippen LogP contribution < -0.4 is 9.47 Å². The molecule has 0 saturated carbocycles. The first-order valence-electron chi connectivity index (χ1n) is 5.78. The molecule has 0 saturated heterocycles. The zero-order valence-corrected chi connectivity index (χ0v) is 10.5. The van der Waals surface area contributed by atoms with Crippen LogP contribution in [0.3, 0.4) is 0 Å². The zero-order chi connectivity index (χ0) is 13.0. The van der Waals surface area contributed by atoms with Crippen molar-refractivity contribution in [2.24, 2.45) is 0 Å². The van der Waals surface area contributed by atoms with Gasteiger partial charge in [0, 0.05) is 12.5 Å². The SMILES string of the molecule is COC(=O)/C=C/CC1(C)COc2ccccc2O1. The Morgan fingerprint density at radius 1 is 1.44 bits per heavy atom. The summed E-state index contributed by atoms with van der Waals surface area (Å²) in [6, 6.07) is 7.55. The first-order chi connectivity index (χ1) is 8.63. The predicted octanol–water partition coefficient (Wildman–Crippen LogP) is 2.34. The lowest BCUT2D eigenvalue weighted by atomic mass is 10.0. The second kappa shape index (κ2) is 5.12. The lowest BCUT2D eigenvalue weighted by Crippen LogP contribution is -2.41. The summed E-state index contributed by atoms with van der Waals surface area (Å²) in [6.45, 7) is 2.40. The highest BCUT2D eigenvalue weighted by atomic mass is 16.6. The minimum atomic E-state index is -0.459. The molecule has 0 aliphatic carbocycles. The molecule has 0 fully saturated rings. The molecule has 0 amide bonds. The standard InChI is InChI=1S/C14H16O4/c1-14(9-5-8-13(15)16-2)10-17-11-6-3-4-7-12(11)18-14/h3-8H,9-10H2,1-2H3/b8-5+. The van der Waals surface area contributed by atoms with Crippen molar-refractivity contribution in [2.45, 2.75) is 18.9 Å². The van der Waals surface area contributed by atoms with Gasteiger partial charge < -0.3 is 14.2 Å². The molecule has 2 rings (SSSR count). The Hall–Kier alpha value is -1.97. The summed E-state index contributed by atoms with van der Waals surface area (Å²) in [6.07, 6.45) is 3.72. The molecule has 0 bridgehead atoms. The third-order valence-corrected chi connectivity index (χ3v) is 2.74. The molecule has 18 heavy (non-hydrogen) atoms. The summed E-state index contributed by atoms with van der Waals surface area (Å²) in [5.41, 5.74) is -0.459. The first-order valence-corrected chi connectivity index (χ1v) is 5.78. The Bertz CT molecular complexity index is 467. The van der Waals surface area contributed by atoms with Crippen molar-refractivity contribution in [2.75, 3.05) is 13.7 Å². The highest BCUT2D eigenvalue weighted by molar-refractivity contribution is 5.81. The van der Waals surface area contributed by atoms with Crippen LogP contribution in [0.5, 0.6) is 11.5 Å². The first kappa shape index (κ1) is 12.5. The third kappa shape index (κ3) is 2.83. The summed E-state index contributed by atoms with van der Waals surface area (Å²) >= 11 is 0. The fourth-order valence-electron chi connectivity index (χ4n) is 1.75. The van der Waals surface area contributed by atoms with Crippen LogP contribution in [0, 0.1) is 0 Å². The van der Waals surface area contributed by atoms with Crippen molar-refractivity contribution in [1.29, 1.82) is 0 Å². The highest BCUT2D eigenvalue weighted by Gasteiger charge is 2.31. The van der Waals surface area contributed by atoms with Gasteiger partial charge in [-0.05, 0) is 19.1 Å². The molecule has 1 heterocycles. The topological polar surface area (TPSA) is 44.8 Å². The van der Waals surface area contributed by atoms with Crippen molar-refractivity contribution >= 4 is 5.97 Å². The van der Waals surface area contributed by atoms with Crippen LogP contribution in [0.2, 0.25) is 0 Å². The van der Waals surface area contributed by atoms with Crippen molar-refractivity contribution in [3.63, 3.8) is 0 Å². The van der Waals surface area contributed by atoms with Crippen LogP contribution in [-0.4, -0.2) is 25.3 Å². The normalized spacial score (nSPS) is 21.9. The van der Waals surface area contributed by atoms with E-state index < -0.39 is 5.60 Å². The molecule has 4 heteroatoms. The van der Waals surface area contributed by atoms with E-state index in [9.17, 15) is 4.79 Å². The molecule has 1 aliphatic heterocycles. The number of rotatable bonds is 3. The van der Waals surface area contributed by atoms with E-state index in [4.69, 9.17) is 9.47 Å². The smallest absolute Gasteiger partial charge is 0.330 e. The largest absolute Gasteiger partial charge is 0.486 e. The molecule has 0 N–H and O–H groups in total. The summed E-state index contributed by atoms with van der Waals surface area (Å²) in [5.74, 6) is 1.13. The van der Waals surface area contributed by atoms with E-state index in [1.807, 2.05) is 31.2 Å². The third-order valence-electron chi connectivity index (χ3n) is 2.74. The Morgan fingerprint density at radius 2 is 2.17 bits per heavy atom. The van der Waals surface area contributed by atoms with Crippen LogP contribution in [0.4, 0.5) is 0 Å². The second-order valence-corrected chi connectivity index (χ2v) is 4.42.